The molecule has 0 amide bonds. The number of halogens is 3. The van der Waals surface area contributed by atoms with Gasteiger partial charge in [-0.3, -0.25) is 0 Å². The van der Waals surface area contributed by atoms with Gasteiger partial charge in [-0.1, -0.05) is 32.4 Å². The molecule has 1 aliphatic carbocycles. The molecule has 0 aromatic heterocycles. The van der Waals surface area contributed by atoms with Crippen molar-refractivity contribution in [3.63, 3.8) is 0 Å². The molecule has 1 fully saturated rings. The molecule has 0 radical (unpaired) electrons. The fourth-order valence-electron chi connectivity index (χ4n) is 2.62. The van der Waals surface area contributed by atoms with Crippen LogP contribution in [0.3, 0.4) is 0 Å². The highest BCUT2D eigenvalue weighted by atomic mass is 35.5. The van der Waals surface area contributed by atoms with Crippen molar-refractivity contribution >= 4 is 11.6 Å². The van der Waals surface area contributed by atoms with Crippen LogP contribution in [0.1, 0.15) is 45.2 Å². The van der Waals surface area contributed by atoms with E-state index in [1.54, 1.807) is 0 Å². The van der Waals surface area contributed by atoms with Crippen LogP contribution in [-0.4, -0.2) is 6.54 Å². The van der Waals surface area contributed by atoms with E-state index in [1.807, 2.05) is 0 Å². The van der Waals surface area contributed by atoms with Crippen LogP contribution in [0.5, 0.6) is 0 Å². The van der Waals surface area contributed by atoms with Gasteiger partial charge in [0.2, 0.25) is 0 Å². The summed E-state index contributed by atoms with van der Waals surface area (Å²) in [4.78, 5) is 0. The van der Waals surface area contributed by atoms with E-state index in [9.17, 15) is 8.78 Å². The highest BCUT2D eigenvalue weighted by molar-refractivity contribution is 6.31. The van der Waals surface area contributed by atoms with Gasteiger partial charge in [0.1, 0.15) is 0 Å². The minimum Gasteiger partial charge on any atom is -0.310 e. The third kappa shape index (κ3) is 3.09. The number of hydrogen-bond acceptors (Lipinski definition) is 1. The van der Waals surface area contributed by atoms with E-state index in [4.69, 9.17) is 11.6 Å². The van der Waals surface area contributed by atoms with Gasteiger partial charge in [-0.2, -0.15) is 0 Å². The Morgan fingerprint density at radius 1 is 1.37 bits per heavy atom. The molecule has 0 spiro atoms. The monoisotopic (exact) mass is 287 g/mol. The summed E-state index contributed by atoms with van der Waals surface area (Å²) in [6.07, 6.45) is 2.06. The van der Waals surface area contributed by atoms with Crippen LogP contribution >= 0.6 is 11.6 Å². The maximum atomic E-state index is 13.5. The zero-order valence-corrected chi connectivity index (χ0v) is 12.3. The van der Waals surface area contributed by atoms with E-state index < -0.39 is 11.6 Å². The predicted molar refractivity (Wildman–Crippen MR) is 74.3 cm³/mol. The summed E-state index contributed by atoms with van der Waals surface area (Å²) >= 11 is 6.09. The number of rotatable bonds is 5. The first-order valence-electron chi connectivity index (χ1n) is 6.74. The molecule has 2 unspecified atom stereocenters. The second-order valence-electron chi connectivity index (χ2n) is 6.02. The Morgan fingerprint density at radius 2 is 1.95 bits per heavy atom. The lowest BCUT2D eigenvalue weighted by Gasteiger charge is -2.22. The second kappa shape index (κ2) is 5.37. The van der Waals surface area contributed by atoms with Crippen LogP contribution in [0, 0.1) is 23.0 Å². The number of nitrogens with one attached hydrogen (secondary N) is 1. The fourth-order valence-corrected chi connectivity index (χ4v) is 2.89. The molecule has 1 nitrogen and oxygen atoms in total. The molecule has 0 heterocycles. The van der Waals surface area contributed by atoms with Crippen LogP contribution in [-0.2, 0) is 0 Å². The van der Waals surface area contributed by atoms with E-state index in [2.05, 4.69) is 26.1 Å². The molecular weight excluding hydrogens is 268 g/mol. The van der Waals surface area contributed by atoms with Crippen molar-refractivity contribution in [1.82, 2.24) is 5.32 Å². The Bertz CT molecular complexity index is 473. The molecule has 106 valence electrons. The summed E-state index contributed by atoms with van der Waals surface area (Å²) in [7, 11) is 0. The van der Waals surface area contributed by atoms with Crippen LogP contribution in [0.15, 0.2) is 12.1 Å². The predicted octanol–water partition coefficient (Wildman–Crippen LogP) is 4.71. The van der Waals surface area contributed by atoms with E-state index in [-0.39, 0.29) is 11.5 Å². The summed E-state index contributed by atoms with van der Waals surface area (Å²) in [5.74, 6) is -1.30. The first-order chi connectivity index (χ1) is 8.86. The summed E-state index contributed by atoms with van der Waals surface area (Å²) in [5, 5.41) is 3.72. The average molecular weight is 288 g/mol. The third-order valence-electron chi connectivity index (χ3n) is 3.98. The van der Waals surface area contributed by atoms with Crippen LogP contribution in [0.25, 0.3) is 0 Å². The van der Waals surface area contributed by atoms with Gasteiger partial charge in [-0.15, -0.1) is 0 Å². The number of benzene rings is 1. The maximum absolute atomic E-state index is 13.5. The van der Waals surface area contributed by atoms with Gasteiger partial charge in [0.25, 0.3) is 0 Å². The van der Waals surface area contributed by atoms with Crippen molar-refractivity contribution in [1.29, 1.82) is 0 Å². The minimum absolute atomic E-state index is 0.00227. The topological polar surface area (TPSA) is 12.0 Å². The molecule has 19 heavy (non-hydrogen) atoms. The lowest BCUT2D eigenvalue weighted by atomic mass is 9.96. The molecule has 2 atom stereocenters. The van der Waals surface area contributed by atoms with E-state index in [0.29, 0.717) is 16.5 Å². The van der Waals surface area contributed by atoms with E-state index in [1.165, 1.54) is 6.07 Å². The highest BCUT2D eigenvalue weighted by Crippen LogP contribution is 2.58. The van der Waals surface area contributed by atoms with E-state index in [0.717, 1.165) is 25.5 Å². The Kier molecular flexibility index (Phi) is 4.17. The van der Waals surface area contributed by atoms with Crippen molar-refractivity contribution in [2.75, 3.05) is 6.54 Å². The smallest absolute Gasteiger partial charge is 0.160 e. The molecule has 1 aliphatic rings. The molecule has 2 rings (SSSR count). The van der Waals surface area contributed by atoms with Crippen molar-refractivity contribution in [3.8, 4) is 0 Å². The molecule has 0 aliphatic heterocycles. The molecular formula is C15H20ClF2N. The van der Waals surface area contributed by atoms with Gasteiger partial charge in [0.15, 0.2) is 11.6 Å². The van der Waals surface area contributed by atoms with Crippen molar-refractivity contribution in [2.45, 2.75) is 39.7 Å². The number of hydrogen-bond donors (Lipinski definition) is 1. The summed E-state index contributed by atoms with van der Waals surface area (Å²) in [6, 6.07) is 2.30. The Hall–Kier alpha value is -0.670. The fraction of sp³-hybridized carbons (Fsp3) is 0.600. The first kappa shape index (κ1) is 14.7. The normalized spacial score (nSPS) is 22.3. The van der Waals surface area contributed by atoms with Gasteiger partial charge in [0, 0.05) is 11.1 Å². The van der Waals surface area contributed by atoms with Gasteiger partial charge in [-0.05, 0) is 48.4 Å². The molecule has 1 aromatic carbocycles. The van der Waals surface area contributed by atoms with Crippen LogP contribution in [0.2, 0.25) is 5.02 Å². The Labute approximate surface area is 118 Å². The van der Waals surface area contributed by atoms with Crippen molar-refractivity contribution in [2.24, 2.45) is 11.3 Å². The van der Waals surface area contributed by atoms with Crippen molar-refractivity contribution < 1.29 is 8.78 Å². The summed E-state index contributed by atoms with van der Waals surface area (Å²) in [5.41, 5.74) is 0.907. The lowest BCUT2D eigenvalue weighted by molar-refractivity contribution is 0.412. The summed E-state index contributed by atoms with van der Waals surface area (Å²) < 4.78 is 26.6. The standard InChI is InChI=1S/C15H20ClF2N/c1-4-5-19-14(10-8-15(10,2)3)9-6-12(17)13(18)7-11(9)16/h6-7,10,14,19H,4-5,8H2,1-3H3. The van der Waals surface area contributed by atoms with Gasteiger partial charge < -0.3 is 5.32 Å². The minimum atomic E-state index is -0.891. The highest BCUT2D eigenvalue weighted by Gasteiger charge is 2.50. The quantitative estimate of drug-likeness (QED) is 0.774. The molecule has 1 aromatic rings. The Balaban J connectivity index is 2.30. The molecule has 1 N–H and O–H groups in total. The van der Waals surface area contributed by atoms with Gasteiger partial charge in [-0.25, -0.2) is 8.78 Å². The second-order valence-corrected chi connectivity index (χ2v) is 6.43. The molecule has 1 saturated carbocycles. The van der Waals surface area contributed by atoms with E-state index >= 15 is 0 Å². The Morgan fingerprint density at radius 3 is 2.47 bits per heavy atom. The average Bonchev–Trinajstić information content (AvgIpc) is 2.95. The van der Waals surface area contributed by atoms with Gasteiger partial charge in [0.05, 0.1) is 0 Å². The maximum Gasteiger partial charge on any atom is 0.160 e. The lowest BCUT2D eigenvalue weighted by Crippen LogP contribution is -2.26. The zero-order chi connectivity index (χ0) is 14.2. The van der Waals surface area contributed by atoms with Crippen molar-refractivity contribution in [3.05, 3.63) is 34.4 Å². The van der Waals surface area contributed by atoms with Crippen LogP contribution < -0.4 is 5.32 Å². The van der Waals surface area contributed by atoms with Crippen LogP contribution in [0.4, 0.5) is 8.78 Å². The van der Waals surface area contributed by atoms with Gasteiger partial charge >= 0.3 is 0 Å². The SMILES string of the molecule is CCCNC(c1cc(F)c(F)cc1Cl)C1CC1(C)C. The largest absolute Gasteiger partial charge is 0.310 e. The molecule has 4 heteroatoms. The zero-order valence-electron chi connectivity index (χ0n) is 11.6. The molecule has 0 bridgehead atoms. The molecule has 0 saturated heterocycles. The third-order valence-corrected chi connectivity index (χ3v) is 4.31. The first-order valence-corrected chi connectivity index (χ1v) is 7.12. The summed E-state index contributed by atoms with van der Waals surface area (Å²) in [6.45, 7) is 7.29.